The zero-order valence-corrected chi connectivity index (χ0v) is 14.8. The van der Waals surface area contributed by atoms with Crippen LogP contribution in [-0.2, 0) is 23.9 Å². The molecule has 0 aromatic rings. The zero-order valence-electron chi connectivity index (χ0n) is 14.8. The van der Waals surface area contributed by atoms with Crippen molar-refractivity contribution in [3.05, 3.63) is 0 Å². The third-order valence-corrected chi connectivity index (χ3v) is 4.15. The Labute approximate surface area is 142 Å². The number of carbonyl (C=O) groups excluding carboxylic acids is 3. The molecule has 2 rings (SSSR count). The van der Waals surface area contributed by atoms with Gasteiger partial charge in [-0.25, -0.2) is 0 Å². The van der Waals surface area contributed by atoms with Gasteiger partial charge in [-0.3, -0.25) is 14.4 Å². The molecule has 2 saturated heterocycles. The average molecular weight is 341 g/mol. The normalized spacial score (nSPS) is 27.7. The fourth-order valence-electron chi connectivity index (χ4n) is 3.10. The van der Waals surface area contributed by atoms with Crippen molar-refractivity contribution in [2.75, 3.05) is 19.6 Å². The summed E-state index contributed by atoms with van der Waals surface area (Å²) >= 11 is 0. The van der Waals surface area contributed by atoms with E-state index < -0.39 is 17.9 Å². The molecule has 0 aromatic carbocycles. The summed E-state index contributed by atoms with van der Waals surface area (Å²) in [5.41, 5.74) is 0. The van der Waals surface area contributed by atoms with Crippen LogP contribution in [0, 0.1) is 0 Å². The summed E-state index contributed by atoms with van der Waals surface area (Å²) in [6, 6.07) is -0.741. The van der Waals surface area contributed by atoms with Crippen molar-refractivity contribution in [2.24, 2.45) is 0 Å². The maximum Gasteiger partial charge on any atom is 0.245 e. The Hall–Kier alpha value is -1.67. The SMILES string of the molecule is CCCCNC(=O)[C@@H]1[C@H]2OC(C)(C)O[C@H]2CN1C(=O)CNC(C)=O. The van der Waals surface area contributed by atoms with Gasteiger partial charge in [0.05, 0.1) is 13.1 Å². The van der Waals surface area contributed by atoms with Crippen LogP contribution >= 0.6 is 0 Å². The Morgan fingerprint density at radius 1 is 1.21 bits per heavy atom. The van der Waals surface area contributed by atoms with Gasteiger partial charge < -0.3 is 25.0 Å². The van der Waals surface area contributed by atoms with Crippen LogP contribution in [0.1, 0.15) is 40.5 Å². The Morgan fingerprint density at radius 3 is 2.54 bits per heavy atom. The number of carbonyl (C=O) groups is 3. The van der Waals surface area contributed by atoms with E-state index >= 15 is 0 Å². The van der Waals surface area contributed by atoms with Gasteiger partial charge in [0.1, 0.15) is 18.2 Å². The number of fused-ring (bicyclic) bond motifs is 1. The molecule has 136 valence electrons. The number of hydrogen-bond acceptors (Lipinski definition) is 5. The van der Waals surface area contributed by atoms with E-state index in [1.807, 2.05) is 6.92 Å². The second-order valence-corrected chi connectivity index (χ2v) is 6.68. The molecular formula is C16H27N3O5. The lowest BCUT2D eigenvalue weighted by Crippen LogP contribution is -2.53. The number of likely N-dealkylation sites (tertiary alicyclic amines) is 1. The maximum atomic E-state index is 12.6. The summed E-state index contributed by atoms with van der Waals surface area (Å²) in [5, 5.41) is 5.33. The van der Waals surface area contributed by atoms with E-state index in [1.165, 1.54) is 11.8 Å². The molecule has 2 N–H and O–H groups in total. The van der Waals surface area contributed by atoms with Gasteiger partial charge in [-0.15, -0.1) is 0 Å². The van der Waals surface area contributed by atoms with E-state index in [0.29, 0.717) is 6.54 Å². The highest BCUT2D eigenvalue weighted by Gasteiger charge is 2.56. The summed E-state index contributed by atoms with van der Waals surface area (Å²) in [6.45, 7) is 7.66. The number of hydrogen-bond donors (Lipinski definition) is 2. The van der Waals surface area contributed by atoms with Crippen molar-refractivity contribution < 1.29 is 23.9 Å². The molecule has 2 fully saturated rings. The molecule has 0 radical (unpaired) electrons. The van der Waals surface area contributed by atoms with Crippen LogP contribution < -0.4 is 10.6 Å². The van der Waals surface area contributed by atoms with Crippen LogP contribution in [0.3, 0.4) is 0 Å². The van der Waals surface area contributed by atoms with Gasteiger partial charge in [-0.05, 0) is 20.3 Å². The number of amides is 3. The lowest BCUT2D eigenvalue weighted by atomic mass is 10.1. The molecule has 2 aliphatic rings. The molecule has 24 heavy (non-hydrogen) atoms. The Kier molecular flexibility index (Phi) is 5.82. The molecular weight excluding hydrogens is 314 g/mol. The second-order valence-electron chi connectivity index (χ2n) is 6.68. The van der Waals surface area contributed by atoms with Crippen molar-refractivity contribution in [1.82, 2.24) is 15.5 Å². The van der Waals surface area contributed by atoms with E-state index in [9.17, 15) is 14.4 Å². The van der Waals surface area contributed by atoms with E-state index in [1.54, 1.807) is 13.8 Å². The summed E-state index contributed by atoms with van der Waals surface area (Å²) in [6.07, 6.45) is 0.996. The first-order valence-corrected chi connectivity index (χ1v) is 8.42. The fraction of sp³-hybridized carbons (Fsp3) is 0.812. The van der Waals surface area contributed by atoms with E-state index in [0.717, 1.165) is 12.8 Å². The van der Waals surface area contributed by atoms with Crippen LogP contribution in [0.4, 0.5) is 0 Å². The van der Waals surface area contributed by atoms with E-state index in [4.69, 9.17) is 9.47 Å². The molecule has 0 bridgehead atoms. The van der Waals surface area contributed by atoms with Crippen molar-refractivity contribution in [3.63, 3.8) is 0 Å². The van der Waals surface area contributed by atoms with Gasteiger partial charge in [0.25, 0.3) is 0 Å². The first-order chi connectivity index (χ1) is 11.2. The van der Waals surface area contributed by atoms with Crippen LogP contribution in [0.25, 0.3) is 0 Å². The largest absolute Gasteiger partial charge is 0.354 e. The first kappa shape index (κ1) is 18.7. The van der Waals surface area contributed by atoms with E-state index in [-0.39, 0.29) is 36.9 Å². The lowest BCUT2D eigenvalue weighted by molar-refractivity contribution is -0.169. The van der Waals surface area contributed by atoms with Crippen molar-refractivity contribution in [2.45, 2.75) is 64.6 Å². The molecule has 0 spiro atoms. The molecule has 2 heterocycles. The van der Waals surface area contributed by atoms with Crippen molar-refractivity contribution >= 4 is 17.7 Å². The highest BCUT2D eigenvalue weighted by atomic mass is 16.8. The second kappa shape index (κ2) is 7.48. The molecule has 3 amide bonds. The number of ether oxygens (including phenoxy) is 2. The molecule has 2 aliphatic heterocycles. The van der Waals surface area contributed by atoms with Gasteiger partial charge in [-0.2, -0.15) is 0 Å². The van der Waals surface area contributed by atoms with Crippen LogP contribution in [0.15, 0.2) is 0 Å². The van der Waals surface area contributed by atoms with Gasteiger partial charge in [0.2, 0.25) is 17.7 Å². The topological polar surface area (TPSA) is 97.0 Å². The molecule has 8 nitrogen and oxygen atoms in total. The number of nitrogens with one attached hydrogen (secondary N) is 2. The summed E-state index contributed by atoms with van der Waals surface area (Å²) in [5.74, 6) is -1.63. The average Bonchev–Trinajstić information content (AvgIpc) is 2.96. The summed E-state index contributed by atoms with van der Waals surface area (Å²) < 4.78 is 11.7. The zero-order chi connectivity index (χ0) is 17.9. The standard InChI is InChI=1S/C16H27N3O5/c1-5-6-7-17-15(22)13-14-11(23-16(3,4)24-14)9-19(13)12(21)8-18-10(2)20/h11,13-14H,5-9H2,1-4H3,(H,17,22)(H,18,20)/t11-,13-,14-/m0/s1. The minimum Gasteiger partial charge on any atom is -0.354 e. The third kappa shape index (κ3) is 4.24. The van der Waals surface area contributed by atoms with Crippen molar-refractivity contribution in [1.29, 1.82) is 0 Å². The quantitative estimate of drug-likeness (QED) is 0.651. The molecule has 0 aromatic heterocycles. The highest BCUT2D eigenvalue weighted by molar-refractivity contribution is 5.91. The third-order valence-electron chi connectivity index (χ3n) is 4.15. The smallest absolute Gasteiger partial charge is 0.245 e. The highest BCUT2D eigenvalue weighted by Crippen LogP contribution is 2.36. The Morgan fingerprint density at radius 2 is 1.92 bits per heavy atom. The lowest BCUT2D eigenvalue weighted by Gasteiger charge is -2.29. The van der Waals surface area contributed by atoms with Crippen LogP contribution in [0.5, 0.6) is 0 Å². The van der Waals surface area contributed by atoms with Crippen LogP contribution in [0.2, 0.25) is 0 Å². The minimum absolute atomic E-state index is 0.142. The minimum atomic E-state index is -0.774. The Balaban J connectivity index is 2.09. The summed E-state index contributed by atoms with van der Waals surface area (Å²) in [7, 11) is 0. The van der Waals surface area contributed by atoms with Gasteiger partial charge in [0, 0.05) is 13.5 Å². The van der Waals surface area contributed by atoms with Gasteiger partial charge in [0.15, 0.2) is 5.79 Å². The molecule has 3 atom stereocenters. The predicted molar refractivity (Wildman–Crippen MR) is 85.9 cm³/mol. The van der Waals surface area contributed by atoms with Gasteiger partial charge in [-0.1, -0.05) is 13.3 Å². The van der Waals surface area contributed by atoms with Crippen molar-refractivity contribution in [3.8, 4) is 0 Å². The molecule has 0 aliphatic carbocycles. The monoisotopic (exact) mass is 341 g/mol. The fourth-order valence-corrected chi connectivity index (χ4v) is 3.10. The molecule has 0 saturated carbocycles. The summed E-state index contributed by atoms with van der Waals surface area (Å²) in [4.78, 5) is 37.5. The predicted octanol–water partition coefficient (Wildman–Crippen LogP) is -0.230. The maximum absolute atomic E-state index is 12.6. The number of rotatable bonds is 6. The van der Waals surface area contributed by atoms with Gasteiger partial charge >= 0.3 is 0 Å². The first-order valence-electron chi connectivity index (χ1n) is 8.42. The molecule has 0 unspecified atom stereocenters. The Bertz CT molecular complexity index is 508. The molecule has 8 heteroatoms. The van der Waals surface area contributed by atoms with Crippen LogP contribution in [-0.4, -0.2) is 66.3 Å². The number of unbranched alkanes of at least 4 members (excludes halogenated alkanes) is 1. The van der Waals surface area contributed by atoms with E-state index in [2.05, 4.69) is 10.6 Å². The number of nitrogens with zero attached hydrogens (tertiary/aromatic N) is 1.